The molecule has 3 rings (SSSR count). The fourth-order valence-corrected chi connectivity index (χ4v) is 11.6. The van der Waals surface area contributed by atoms with Crippen LogP contribution in [0.25, 0.3) is 0 Å². The van der Waals surface area contributed by atoms with Crippen molar-refractivity contribution in [3.63, 3.8) is 0 Å². The summed E-state index contributed by atoms with van der Waals surface area (Å²) in [6, 6.07) is 30.9. The minimum Gasteiger partial charge on any atom is -0.404 e. The topological polar surface area (TPSA) is 57.2 Å². The normalized spacial score (nSPS) is 16.1. The maximum Gasteiger partial charge on any atom is 0.261 e. The van der Waals surface area contributed by atoms with Crippen LogP contribution in [0.4, 0.5) is 0 Å². The molecule has 0 saturated carbocycles. The van der Waals surface area contributed by atoms with Crippen LogP contribution in [-0.2, 0) is 23.9 Å². The second-order valence-corrected chi connectivity index (χ2v) is 23.0. The molecule has 0 aliphatic carbocycles. The van der Waals surface area contributed by atoms with Gasteiger partial charge in [0, 0.05) is 7.11 Å². The quantitative estimate of drug-likeness (QED) is 0.131. The number of aliphatic hydroxyl groups is 1. The van der Waals surface area contributed by atoms with E-state index < -0.39 is 27.8 Å². The maximum absolute atomic E-state index is 12.7. The average Bonchev–Trinajstić information content (AvgIpc) is 2.93. The Bertz CT molecular complexity index is 1200. The Morgan fingerprint density at radius 3 is 1.50 bits per heavy atom. The predicted molar refractivity (Wildman–Crippen MR) is 178 cm³/mol. The van der Waals surface area contributed by atoms with Gasteiger partial charge in [-0.3, -0.25) is 0 Å². The lowest BCUT2D eigenvalue weighted by Gasteiger charge is -2.53. The van der Waals surface area contributed by atoms with Crippen molar-refractivity contribution in [1.29, 1.82) is 0 Å². The highest BCUT2D eigenvalue weighted by atomic mass is 28.4. The van der Waals surface area contributed by atoms with E-state index in [1.54, 1.807) is 7.11 Å². The SMILES string of the molecule is COCOC[C@@](CO[Si](c1ccccc1)(c1ccccc1)C(C)(C)C)(O[Si](C)(C)C(C)(C)C)[C@](C)(O)c1ccccc1. The van der Waals surface area contributed by atoms with E-state index in [2.05, 4.69) is 103 Å². The van der Waals surface area contributed by atoms with Crippen molar-refractivity contribution < 1.29 is 23.4 Å². The summed E-state index contributed by atoms with van der Waals surface area (Å²) in [6.07, 6.45) is 0. The third-order valence-electron chi connectivity index (χ3n) is 8.95. The van der Waals surface area contributed by atoms with Crippen molar-refractivity contribution in [1.82, 2.24) is 0 Å². The summed E-state index contributed by atoms with van der Waals surface area (Å²) in [4.78, 5) is 0. The Balaban J connectivity index is 2.31. The van der Waals surface area contributed by atoms with Gasteiger partial charge in [0.1, 0.15) is 18.0 Å². The minimum atomic E-state index is -2.97. The Morgan fingerprint density at radius 2 is 1.10 bits per heavy atom. The van der Waals surface area contributed by atoms with Crippen LogP contribution in [0.5, 0.6) is 0 Å². The van der Waals surface area contributed by atoms with Crippen molar-refractivity contribution in [2.24, 2.45) is 0 Å². The molecule has 0 aliphatic heterocycles. The number of benzene rings is 3. The first kappa shape index (κ1) is 34.4. The van der Waals surface area contributed by atoms with Crippen LogP contribution >= 0.6 is 0 Å². The molecule has 3 aromatic carbocycles. The molecule has 0 radical (unpaired) electrons. The molecule has 3 aromatic rings. The summed E-state index contributed by atoms with van der Waals surface area (Å²) in [5.41, 5.74) is -1.96. The Labute approximate surface area is 256 Å². The van der Waals surface area contributed by atoms with Crippen molar-refractivity contribution in [2.45, 2.75) is 82.8 Å². The van der Waals surface area contributed by atoms with E-state index >= 15 is 0 Å². The lowest BCUT2D eigenvalue weighted by molar-refractivity contribution is -0.198. The van der Waals surface area contributed by atoms with Gasteiger partial charge >= 0.3 is 0 Å². The summed E-state index contributed by atoms with van der Waals surface area (Å²) in [5.74, 6) is 0. The highest BCUT2D eigenvalue weighted by molar-refractivity contribution is 6.99. The smallest absolute Gasteiger partial charge is 0.261 e. The molecule has 0 aromatic heterocycles. The van der Waals surface area contributed by atoms with Gasteiger partial charge in [0.05, 0.1) is 13.2 Å². The largest absolute Gasteiger partial charge is 0.404 e. The molecule has 0 saturated heterocycles. The number of rotatable bonds is 13. The second-order valence-electron chi connectivity index (χ2n) is 14.0. The molecule has 2 atom stereocenters. The molecule has 0 bridgehead atoms. The molecule has 0 fully saturated rings. The van der Waals surface area contributed by atoms with Gasteiger partial charge in [-0.25, -0.2) is 0 Å². The van der Waals surface area contributed by atoms with Crippen molar-refractivity contribution >= 4 is 27.0 Å². The van der Waals surface area contributed by atoms with E-state index in [1.807, 2.05) is 49.4 Å². The fraction of sp³-hybridized carbons (Fsp3) is 0.486. The Kier molecular flexibility index (Phi) is 10.9. The van der Waals surface area contributed by atoms with Gasteiger partial charge in [0.15, 0.2) is 8.32 Å². The Hall–Kier alpha value is -2.11. The molecule has 230 valence electrons. The summed E-state index contributed by atoms with van der Waals surface area (Å²) in [6.45, 7) is 19.9. The highest BCUT2D eigenvalue weighted by Gasteiger charge is 2.58. The summed E-state index contributed by atoms with van der Waals surface area (Å²) < 4.78 is 26.3. The van der Waals surface area contributed by atoms with Gasteiger partial charge in [0.2, 0.25) is 0 Å². The lowest BCUT2D eigenvalue weighted by Crippen LogP contribution is -2.70. The molecule has 0 amide bonds. The van der Waals surface area contributed by atoms with Crippen molar-refractivity contribution in [3.05, 3.63) is 96.6 Å². The molecule has 0 spiro atoms. The second kappa shape index (κ2) is 13.3. The van der Waals surface area contributed by atoms with E-state index in [0.717, 1.165) is 5.56 Å². The molecule has 0 unspecified atom stereocenters. The van der Waals surface area contributed by atoms with Crippen LogP contribution in [0.2, 0.25) is 23.2 Å². The molecule has 1 N–H and O–H groups in total. The molecule has 0 heterocycles. The number of methoxy groups -OCH3 is 1. The van der Waals surface area contributed by atoms with Crippen LogP contribution < -0.4 is 10.4 Å². The van der Waals surface area contributed by atoms with E-state index in [-0.39, 0.29) is 30.1 Å². The minimum absolute atomic E-state index is 0.0761. The van der Waals surface area contributed by atoms with E-state index in [9.17, 15) is 5.11 Å². The summed E-state index contributed by atoms with van der Waals surface area (Å²) in [7, 11) is -3.86. The molecule has 0 aliphatic rings. The van der Waals surface area contributed by atoms with Gasteiger partial charge in [0.25, 0.3) is 8.32 Å². The zero-order valence-electron chi connectivity index (χ0n) is 27.4. The van der Waals surface area contributed by atoms with Crippen LogP contribution in [-0.4, -0.2) is 54.5 Å². The zero-order valence-corrected chi connectivity index (χ0v) is 29.4. The number of hydrogen-bond donors (Lipinski definition) is 1. The first-order chi connectivity index (χ1) is 19.5. The number of ether oxygens (including phenoxy) is 2. The van der Waals surface area contributed by atoms with Crippen LogP contribution in [0, 0.1) is 0 Å². The fourth-order valence-electron chi connectivity index (χ4n) is 5.42. The third kappa shape index (κ3) is 6.99. The summed E-state index contributed by atoms with van der Waals surface area (Å²) >= 11 is 0. The zero-order chi connectivity index (χ0) is 31.3. The van der Waals surface area contributed by atoms with Gasteiger partial charge in [-0.05, 0) is 46.0 Å². The first-order valence-corrected chi connectivity index (χ1v) is 19.7. The van der Waals surface area contributed by atoms with Gasteiger partial charge in [-0.15, -0.1) is 0 Å². The lowest BCUT2D eigenvalue weighted by atomic mass is 9.80. The van der Waals surface area contributed by atoms with Crippen LogP contribution in [0.15, 0.2) is 91.0 Å². The molecule has 5 nitrogen and oxygen atoms in total. The van der Waals surface area contributed by atoms with E-state index in [4.69, 9.17) is 18.3 Å². The van der Waals surface area contributed by atoms with Gasteiger partial charge in [-0.1, -0.05) is 133 Å². The van der Waals surface area contributed by atoms with Crippen LogP contribution in [0.1, 0.15) is 54.0 Å². The highest BCUT2D eigenvalue weighted by Crippen LogP contribution is 2.46. The summed E-state index contributed by atoms with van der Waals surface area (Å²) in [5, 5.41) is 14.6. The monoisotopic (exact) mass is 608 g/mol. The molecule has 42 heavy (non-hydrogen) atoms. The Morgan fingerprint density at radius 1 is 0.643 bits per heavy atom. The average molecular weight is 609 g/mol. The van der Waals surface area contributed by atoms with Crippen LogP contribution in [0.3, 0.4) is 0 Å². The van der Waals surface area contributed by atoms with E-state index in [0.29, 0.717) is 0 Å². The molecule has 7 heteroatoms. The maximum atomic E-state index is 12.7. The van der Waals surface area contributed by atoms with E-state index in [1.165, 1.54) is 10.4 Å². The molecular weight excluding hydrogens is 557 g/mol. The van der Waals surface area contributed by atoms with Crippen molar-refractivity contribution in [2.75, 3.05) is 27.1 Å². The van der Waals surface area contributed by atoms with Gasteiger partial charge < -0.3 is 23.4 Å². The number of hydrogen-bond acceptors (Lipinski definition) is 5. The van der Waals surface area contributed by atoms with Crippen molar-refractivity contribution in [3.8, 4) is 0 Å². The first-order valence-electron chi connectivity index (χ1n) is 14.8. The van der Waals surface area contributed by atoms with Gasteiger partial charge in [-0.2, -0.15) is 0 Å². The predicted octanol–water partition coefficient (Wildman–Crippen LogP) is 6.85. The third-order valence-corrected chi connectivity index (χ3v) is 18.5. The molecular formula is C35H52O5Si2. The standard InChI is InChI=1S/C35H52O5Si2/c1-32(2,3)41(9,10)40-35(26-38-28-37-8,34(7,36)29-20-14-11-15-21-29)27-39-42(33(4,5)6,30-22-16-12-17-23-30)31-24-18-13-19-25-31/h11-25,36H,26-28H2,1-10H3/t34-,35+/m1/s1.